The first kappa shape index (κ1) is 17.5. The quantitative estimate of drug-likeness (QED) is 0.616. The summed E-state index contributed by atoms with van der Waals surface area (Å²) < 4.78 is 32.8. The van der Waals surface area contributed by atoms with Gasteiger partial charge in [-0.3, -0.25) is 10.1 Å². The van der Waals surface area contributed by atoms with Gasteiger partial charge in [0.1, 0.15) is 0 Å². The number of hydrogen-bond acceptors (Lipinski definition) is 5. The number of sulfonamides is 1. The number of hydrogen-bond donors (Lipinski definition) is 0. The van der Waals surface area contributed by atoms with E-state index in [4.69, 9.17) is 4.74 Å². The topological polar surface area (TPSA) is 89.8 Å². The fourth-order valence-electron chi connectivity index (χ4n) is 2.79. The zero-order valence-corrected chi connectivity index (χ0v) is 14.5. The summed E-state index contributed by atoms with van der Waals surface area (Å²) in [6.45, 7) is 2.49. The molecular weight excluding hydrogens is 344 g/mol. The maximum absolute atomic E-state index is 12.9. The first-order valence-corrected chi connectivity index (χ1v) is 9.25. The lowest BCUT2D eigenvalue weighted by atomic mass is 10.1. The average Bonchev–Trinajstić information content (AvgIpc) is 2.62. The van der Waals surface area contributed by atoms with Crippen molar-refractivity contribution in [3.8, 4) is 0 Å². The summed E-state index contributed by atoms with van der Waals surface area (Å²) in [7, 11) is -3.98. The lowest BCUT2D eigenvalue weighted by Crippen LogP contribution is -2.42. The van der Waals surface area contributed by atoms with E-state index in [1.807, 2.05) is 31.2 Å². The molecule has 0 amide bonds. The summed E-state index contributed by atoms with van der Waals surface area (Å²) in [6.07, 6.45) is -0.396. The largest absolute Gasteiger partial charge is 0.371 e. The number of nitrogens with zero attached hydrogens (tertiary/aromatic N) is 2. The smallest absolute Gasteiger partial charge is 0.289 e. The highest BCUT2D eigenvalue weighted by atomic mass is 32.2. The molecule has 0 saturated carbocycles. The summed E-state index contributed by atoms with van der Waals surface area (Å²) >= 11 is 0. The van der Waals surface area contributed by atoms with Gasteiger partial charge in [0, 0.05) is 19.2 Å². The molecule has 3 rings (SSSR count). The highest BCUT2D eigenvalue weighted by Gasteiger charge is 2.35. The Morgan fingerprint density at radius 2 is 1.84 bits per heavy atom. The van der Waals surface area contributed by atoms with E-state index in [0.29, 0.717) is 0 Å². The Morgan fingerprint density at radius 1 is 1.16 bits per heavy atom. The summed E-state index contributed by atoms with van der Waals surface area (Å²) in [5.41, 5.74) is 1.57. The maximum atomic E-state index is 12.9. The van der Waals surface area contributed by atoms with Gasteiger partial charge in [-0.15, -0.1) is 0 Å². The molecule has 2 aromatic rings. The van der Waals surface area contributed by atoms with Crippen LogP contribution in [0.3, 0.4) is 0 Å². The van der Waals surface area contributed by atoms with Gasteiger partial charge in [0.25, 0.3) is 5.69 Å². The molecule has 1 unspecified atom stereocenters. The van der Waals surface area contributed by atoms with Crippen molar-refractivity contribution in [1.82, 2.24) is 4.31 Å². The molecule has 0 aromatic heterocycles. The number of ether oxygens (including phenoxy) is 1. The van der Waals surface area contributed by atoms with Crippen LogP contribution < -0.4 is 0 Å². The average molecular weight is 362 g/mol. The summed E-state index contributed by atoms with van der Waals surface area (Å²) in [5.74, 6) is 0. The van der Waals surface area contributed by atoms with Crippen LogP contribution >= 0.6 is 0 Å². The number of rotatable bonds is 4. The molecule has 132 valence electrons. The molecule has 2 aromatic carbocycles. The van der Waals surface area contributed by atoms with E-state index in [2.05, 4.69) is 0 Å². The maximum Gasteiger partial charge on any atom is 0.289 e. The standard InChI is InChI=1S/C17H18N2O5S/c1-13-6-8-14(9-7-13)16-12-18(10-11-24-16)25(22,23)17-5-3-2-4-15(17)19(20)21/h2-9,16H,10-12H2,1H3. The minimum atomic E-state index is -3.98. The molecule has 1 atom stereocenters. The first-order valence-electron chi connectivity index (χ1n) is 7.81. The van der Waals surface area contributed by atoms with E-state index in [-0.39, 0.29) is 24.6 Å². The molecular formula is C17H18N2O5S. The van der Waals surface area contributed by atoms with Gasteiger partial charge in [-0.2, -0.15) is 4.31 Å². The van der Waals surface area contributed by atoms with Crippen LogP contribution in [0.25, 0.3) is 0 Å². The molecule has 1 heterocycles. The Morgan fingerprint density at radius 3 is 2.52 bits per heavy atom. The van der Waals surface area contributed by atoms with Gasteiger partial charge < -0.3 is 4.74 Å². The molecule has 1 fully saturated rings. The molecule has 7 nitrogen and oxygen atoms in total. The van der Waals surface area contributed by atoms with E-state index in [1.165, 1.54) is 28.6 Å². The molecule has 25 heavy (non-hydrogen) atoms. The Balaban J connectivity index is 1.90. The van der Waals surface area contributed by atoms with Gasteiger partial charge >= 0.3 is 0 Å². The molecule has 0 aliphatic carbocycles. The van der Waals surface area contributed by atoms with Crippen molar-refractivity contribution in [2.45, 2.75) is 17.9 Å². The van der Waals surface area contributed by atoms with E-state index in [1.54, 1.807) is 0 Å². The molecule has 0 bridgehead atoms. The Labute approximate surface area is 146 Å². The van der Waals surface area contributed by atoms with E-state index in [0.717, 1.165) is 11.1 Å². The fourth-order valence-corrected chi connectivity index (χ4v) is 4.37. The molecule has 1 aliphatic rings. The first-order chi connectivity index (χ1) is 11.9. The van der Waals surface area contributed by atoms with Crippen molar-refractivity contribution in [3.63, 3.8) is 0 Å². The van der Waals surface area contributed by atoms with Crippen molar-refractivity contribution in [3.05, 3.63) is 69.8 Å². The highest BCUT2D eigenvalue weighted by molar-refractivity contribution is 7.89. The van der Waals surface area contributed by atoms with Gasteiger partial charge in [-0.25, -0.2) is 8.42 Å². The minimum absolute atomic E-state index is 0.122. The van der Waals surface area contributed by atoms with Crippen molar-refractivity contribution in [2.24, 2.45) is 0 Å². The third kappa shape index (κ3) is 3.55. The summed E-state index contributed by atoms with van der Waals surface area (Å²) in [4.78, 5) is 10.2. The number of nitro benzene ring substituents is 1. The van der Waals surface area contributed by atoms with Gasteiger partial charge in [0.05, 0.1) is 17.6 Å². The van der Waals surface area contributed by atoms with Crippen LogP contribution in [0.2, 0.25) is 0 Å². The minimum Gasteiger partial charge on any atom is -0.371 e. The normalized spacial score (nSPS) is 18.8. The zero-order chi connectivity index (χ0) is 18.0. The van der Waals surface area contributed by atoms with Crippen LogP contribution in [0.4, 0.5) is 5.69 Å². The Bertz CT molecular complexity index is 880. The lowest BCUT2D eigenvalue weighted by molar-refractivity contribution is -0.387. The summed E-state index contributed by atoms with van der Waals surface area (Å²) in [6, 6.07) is 13.1. The molecule has 0 radical (unpaired) electrons. The zero-order valence-electron chi connectivity index (χ0n) is 13.7. The number of aryl methyl sites for hydroxylation is 1. The van der Waals surface area contributed by atoms with Crippen molar-refractivity contribution in [2.75, 3.05) is 19.7 Å². The van der Waals surface area contributed by atoms with Crippen LogP contribution in [-0.4, -0.2) is 37.3 Å². The van der Waals surface area contributed by atoms with Gasteiger partial charge in [0.2, 0.25) is 10.0 Å². The number of nitro groups is 1. The van der Waals surface area contributed by atoms with E-state index >= 15 is 0 Å². The van der Waals surface area contributed by atoms with Crippen LogP contribution in [0, 0.1) is 17.0 Å². The predicted octanol–water partition coefficient (Wildman–Crippen LogP) is 2.67. The van der Waals surface area contributed by atoms with Gasteiger partial charge in [0.15, 0.2) is 4.90 Å². The molecule has 1 saturated heterocycles. The van der Waals surface area contributed by atoms with Gasteiger partial charge in [-0.05, 0) is 18.6 Å². The van der Waals surface area contributed by atoms with E-state index in [9.17, 15) is 18.5 Å². The van der Waals surface area contributed by atoms with E-state index < -0.39 is 26.7 Å². The summed E-state index contributed by atoms with van der Waals surface area (Å²) in [5, 5.41) is 11.2. The molecule has 8 heteroatoms. The van der Waals surface area contributed by atoms with Crippen LogP contribution in [-0.2, 0) is 14.8 Å². The van der Waals surface area contributed by atoms with Crippen molar-refractivity contribution < 1.29 is 18.1 Å². The second-order valence-electron chi connectivity index (χ2n) is 5.86. The van der Waals surface area contributed by atoms with Crippen molar-refractivity contribution in [1.29, 1.82) is 0 Å². The highest BCUT2D eigenvalue weighted by Crippen LogP contribution is 2.30. The van der Waals surface area contributed by atoms with Crippen LogP contribution in [0.5, 0.6) is 0 Å². The molecule has 1 aliphatic heterocycles. The monoisotopic (exact) mass is 362 g/mol. The number of benzene rings is 2. The van der Waals surface area contributed by atoms with Crippen LogP contribution in [0.1, 0.15) is 17.2 Å². The third-order valence-electron chi connectivity index (χ3n) is 4.16. The number of morpholine rings is 1. The number of para-hydroxylation sites is 1. The Hall–Kier alpha value is -2.29. The molecule has 0 spiro atoms. The SMILES string of the molecule is Cc1ccc(C2CN(S(=O)(=O)c3ccccc3[N+](=O)[O-])CCO2)cc1. The second kappa shape index (κ2) is 6.91. The lowest BCUT2D eigenvalue weighted by Gasteiger charge is -2.32. The molecule has 0 N–H and O–H groups in total. The second-order valence-corrected chi connectivity index (χ2v) is 7.76. The van der Waals surface area contributed by atoms with Crippen LogP contribution in [0.15, 0.2) is 53.4 Å². The van der Waals surface area contributed by atoms with Crippen molar-refractivity contribution >= 4 is 15.7 Å². The third-order valence-corrected chi connectivity index (χ3v) is 6.07. The fraction of sp³-hybridized carbons (Fsp3) is 0.294. The predicted molar refractivity (Wildman–Crippen MR) is 91.7 cm³/mol. The van der Waals surface area contributed by atoms with Gasteiger partial charge in [-0.1, -0.05) is 42.0 Å². The Kier molecular flexibility index (Phi) is 4.85.